The van der Waals surface area contributed by atoms with E-state index in [9.17, 15) is 8.42 Å². The first kappa shape index (κ1) is 14.0. The number of fused-ring (bicyclic) bond motifs is 1. The molecule has 0 bridgehead atoms. The quantitative estimate of drug-likeness (QED) is 0.856. The molecule has 0 aliphatic carbocycles. The summed E-state index contributed by atoms with van der Waals surface area (Å²) in [4.78, 5) is 1.32. The first-order chi connectivity index (χ1) is 8.35. The fourth-order valence-corrected chi connectivity index (χ4v) is 4.90. The first-order valence-corrected chi connectivity index (χ1v) is 8.44. The summed E-state index contributed by atoms with van der Waals surface area (Å²) in [6.45, 7) is 6.33. The molecule has 0 saturated carbocycles. The Morgan fingerprint density at radius 3 is 2.78 bits per heavy atom. The van der Waals surface area contributed by atoms with Gasteiger partial charge in [0.1, 0.15) is 0 Å². The van der Waals surface area contributed by atoms with Crippen molar-refractivity contribution in [2.24, 2.45) is 0 Å². The highest BCUT2D eigenvalue weighted by atomic mass is 32.2. The predicted molar refractivity (Wildman–Crippen MR) is 75.0 cm³/mol. The Hall–Kier alpha value is -0.430. The average molecular weight is 288 g/mol. The molecule has 0 fully saturated rings. The van der Waals surface area contributed by atoms with E-state index in [0.717, 1.165) is 12.0 Å². The molecule has 2 rings (SSSR count). The molecule has 1 aromatic rings. The van der Waals surface area contributed by atoms with E-state index >= 15 is 0 Å². The zero-order valence-electron chi connectivity index (χ0n) is 11.3. The van der Waals surface area contributed by atoms with Gasteiger partial charge >= 0.3 is 0 Å². The van der Waals surface area contributed by atoms with Gasteiger partial charge in [0.2, 0.25) is 0 Å². The van der Waals surface area contributed by atoms with Crippen LogP contribution in [0, 0.1) is 0 Å². The highest BCUT2D eigenvalue weighted by Gasteiger charge is 2.36. The van der Waals surface area contributed by atoms with Crippen molar-refractivity contribution in [2.75, 3.05) is 13.6 Å². The minimum atomic E-state index is -3.36. The number of nitrogens with zero attached hydrogens (tertiary/aromatic N) is 2. The standard InChI is InChI=1S/C12H20N2O2S2/c1-9(2)13(4)18(15,16)14-7-5-12-11(10(14)3)6-8-17-12/h6,8-10H,5,7H2,1-4H3/t10-/m1/s1. The maximum absolute atomic E-state index is 12.5. The summed E-state index contributed by atoms with van der Waals surface area (Å²) in [5.74, 6) is 0. The Morgan fingerprint density at radius 2 is 2.17 bits per heavy atom. The third kappa shape index (κ3) is 2.22. The van der Waals surface area contributed by atoms with E-state index in [4.69, 9.17) is 0 Å². The molecule has 0 spiro atoms. The van der Waals surface area contributed by atoms with Gasteiger partial charge in [0.15, 0.2) is 0 Å². The Bertz CT molecular complexity index is 522. The topological polar surface area (TPSA) is 40.6 Å². The molecule has 1 atom stereocenters. The van der Waals surface area contributed by atoms with Gasteiger partial charge < -0.3 is 0 Å². The van der Waals surface area contributed by atoms with Crippen LogP contribution in [0.15, 0.2) is 11.4 Å². The molecule has 0 amide bonds. The predicted octanol–water partition coefficient (Wildman–Crippen LogP) is 2.25. The highest BCUT2D eigenvalue weighted by molar-refractivity contribution is 7.86. The lowest BCUT2D eigenvalue weighted by Crippen LogP contribution is -2.47. The third-order valence-corrected chi connectivity index (χ3v) is 6.85. The van der Waals surface area contributed by atoms with Crippen molar-refractivity contribution in [3.8, 4) is 0 Å². The SMILES string of the molecule is CC(C)N(C)S(=O)(=O)N1CCc2sccc2[C@H]1C. The van der Waals surface area contributed by atoms with Crippen LogP contribution in [0.5, 0.6) is 0 Å². The van der Waals surface area contributed by atoms with E-state index in [2.05, 4.69) is 0 Å². The Kier molecular flexibility index (Phi) is 3.82. The molecule has 1 aliphatic rings. The summed E-state index contributed by atoms with van der Waals surface area (Å²) in [5.41, 5.74) is 1.16. The maximum atomic E-state index is 12.5. The summed E-state index contributed by atoms with van der Waals surface area (Å²) < 4.78 is 28.1. The van der Waals surface area contributed by atoms with E-state index in [-0.39, 0.29) is 12.1 Å². The molecule has 0 saturated heterocycles. The van der Waals surface area contributed by atoms with Crippen LogP contribution in [0.25, 0.3) is 0 Å². The largest absolute Gasteiger partial charge is 0.282 e. The Morgan fingerprint density at radius 1 is 1.50 bits per heavy atom. The van der Waals surface area contributed by atoms with E-state index in [1.54, 1.807) is 22.7 Å². The first-order valence-electron chi connectivity index (χ1n) is 6.16. The molecule has 102 valence electrons. The minimum Gasteiger partial charge on any atom is -0.195 e. The minimum absolute atomic E-state index is 0.0222. The molecule has 0 unspecified atom stereocenters. The molecule has 1 aliphatic heterocycles. The number of rotatable bonds is 3. The van der Waals surface area contributed by atoms with Crippen molar-refractivity contribution in [2.45, 2.75) is 39.3 Å². The number of thiophene rings is 1. The van der Waals surface area contributed by atoms with Crippen molar-refractivity contribution in [1.82, 2.24) is 8.61 Å². The monoisotopic (exact) mass is 288 g/mol. The van der Waals surface area contributed by atoms with Crippen molar-refractivity contribution in [1.29, 1.82) is 0 Å². The van der Waals surface area contributed by atoms with Crippen LogP contribution in [0.3, 0.4) is 0 Å². The summed E-state index contributed by atoms with van der Waals surface area (Å²) >= 11 is 1.72. The summed E-state index contributed by atoms with van der Waals surface area (Å²) in [7, 11) is -1.71. The molecule has 0 N–H and O–H groups in total. The van der Waals surface area contributed by atoms with Crippen molar-refractivity contribution in [3.05, 3.63) is 21.9 Å². The van der Waals surface area contributed by atoms with Gasteiger partial charge in [-0.1, -0.05) is 0 Å². The third-order valence-electron chi connectivity index (χ3n) is 3.61. The molecule has 0 aromatic carbocycles. The van der Waals surface area contributed by atoms with Gasteiger partial charge in [-0.25, -0.2) is 0 Å². The summed E-state index contributed by atoms with van der Waals surface area (Å²) in [6, 6.07) is 1.96. The van der Waals surface area contributed by atoms with Crippen molar-refractivity contribution < 1.29 is 8.42 Å². The molecule has 4 nitrogen and oxygen atoms in total. The van der Waals surface area contributed by atoms with Crippen LogP contribution < -0.4 is 0 Å². The zero-order valence-corrected chi connectivity index (χ0v) is 12.9. The molecule has 18 heavy (non-hydrogen) atoms. The average Bonchev–Trinajstić information content (AvgIpc) is 2.76. The Labute approximate surface area is 113 Å². The van der Waals surface area contributed by atoms with Gasteiger partial charge in [-0.15, -0.1) is 11.3 Å². The van der Waals surface area contributed by atoms with Gasteiger partial charge in [-0.3, -0.25) is 0 Å². The van der Waals surface area contributed by atoms with Crippen LogP contribution in [-0.4, -0.2) is 36.7 Å². The van der Waals surface area contributed by atoms with Crippen LogP contribution in [0.2, 0.25) is 0 Å². The lowest BCUT2D eigenvalue weighted by atomic mass is 10.0. The van der Waals surface area contributed by atoms with E-state index in [0.29, 0.717) is 6.54 Å². The maximum Gasteiger partial charge on any atom is 0.282 e. The second-order valence-corrected chi connectivity index (χ2v) is 7.89. The van der Waals surface area contributed by atoms with Crippen LogP contribution >= 0.6 is 11.3 Å². The van der Waals surface area contributed by atoms with Gasteiger partial charge in [-0.2, -0.15) is 17.0 Å². The molecule has 1 aromatic heterocycles. The van der Waals surface area contributed by atoms with Gasteiger partial charge in [0.25, 0.3) is 10.2 Å². The normalized spacial score (nSPS) is 21.6. The van der Waals surface area contributed by atoms with Crippen LogP contribution in [0.4, 0.5) is 0 Å². The van der Waals surface area contributed by atoms with Crippen LogP contribution in [-0.2, 0) is 16.6 Å². The highest BCUT2D eigenvalue weighted by Crippen LogP contribution is 2.35. The fraction of sp³-hybridized carbons (Fsp3) is 0.667. The molecular weight excluding hydrogens is 268 g/mol. The molecule has 6 heteroatoms. The van der Waals surface area contributed by atoms with Crippen LogP contribution in [0.1, 0.15) is 37.3 Å². The van der Waals surface area contributed by atoms with Gasteiger partial charge in [-0.05, 0) is 44.2 Å². The summed E-state index contributed by atoms with van der Waals surface area (Å²) in [6.07, 6.45) is 0.822. The van der Waals surface area contributed by atoms with Crippen molar-refractivity contribution >= 4 is 21.5 Å². The zero-order chi connectivity index (χ0) is 13.5. The molecular formula is C12H20N2O2S2. The van der Waals surface area contributed by atoms with Gasteiger partial charge in [0, 0.05) is 30.6 Å². The molecule has 0 radical (unpaired) electrons. The van der Waals surface area contributed by atoms with Crippen molar-refractivity contribution in [3.63, 3.8) is 0 Å². The fourth-order valence-electron chi connectivity index (χ4n) is 2.23. The second-order valence-electron chi connectivity index (χ2n) is 4.95. The van der Waals surface area contributed by atoms with E-state index < -0.39 is 10.2 Å². The summed E-state index contributed by atoms with van der Waals surface area (Å²) in [5, 5.41) is 2.05. The smallest absolute Gasteiger partial charge is 0.195 e. The lowest BCUT2D eigenvalue weighted by Gasteiger charge is -2.36. The van der Waals surface area contributed by atoms with E-state index in [1.165, 1.54) is 9.18 Å². The number of hydrogen-bond donors (Lipinski definition) is 0. The number of hydrogen-bond acceptors (Lipinski definition) is 3. The Balaban J connectivity index is 2.32. The molecule has 2 heterocycles. The van der Waals surface area contributed by atoms with E-state index in [1.807, 2.05) is 32.2 Å². The van der Waals surface area contributed by atoms with Gasteiger partial charge in [0.05, 0.1) is 0 Å². The second kappa shape index (κ2) is 4.92. The lowest BCUT2D eigenvalue weighted by molar-refractivity contribution is 0.286.